The van der Waals surface area contributed by atoms with Crippen molar-refractivity contribution in [3.05, 3.63) is 35.9 Å². The summed E-state index contributed by atoms with van der Waals surface area (Å²) in [5.74, 6) is 0.650. The molecule has 17 heavy (non-hydrogen) atoms. The molecule has 0 bridgehead atoms. The second-order valence-corrected chi connectivity index (χ2v) is 4.66. The highest BCUT2D eigenvalue weighted by molar-refractivity contribution is 6.17. The molecule has 1 aromatic rings. The van der Waals surface area contributed by atoms with E-state index >= 15 is 0 Å². The minimum absolute atomic E-state index is 0.103. The lowest BCUT2D eigenvalue weighted by Crippen LogP contribution is -2.32. The first-order valence-electron chi connectivity index (χ1n) is 6.11. The number of hydrogen-bond donors (Lipinski definition) is 1. The van der Waals surface area contributed by atoms with Crippen LogP contribution >= 0.6 is 11.6 Å². The maximum Gasteiger partial charge on any atom is 0.220 e. The quantitative estimate of drug-likeness (QED) is 0.744. The van der Waals surface area contributed by atoms with Crippen LogP contribution < -0.4 is 5.32 Å². The van der Waals surface area contributed by atoms with Crippen molar-refractivity contribution in [3.63, 3.8) is 0 Å². The number of nitrogens with one attached hydrogen (secondary N) is 1. The second-order valence-electron chi connectivity index (χ2n) is 4.29. The van der Waals surface area contributed by atoms with Gasteiger partial charge in [0, 0.05) is 18.3 Å². The number of carbonyl (C=O) groups is 1. The summed E-state index contributed by atoms with van der Waals surface area (Å²) in [7, 11) is 0. The number of carbonyl (C=O) groups excluding carboxylic acids is 1. The van der Waals surface area contributed by atoms with Crippen molar-refractivity contribution in [1.29, 1.82) is 0 Å². The third-order valence-electron chi connectivity index (χ3n) is 2.65. The summed E-state index contributed by atoms with van der Waals surface area (Å²) in [6, 6.07) is 10.5. The highest BCUT2D eigenvalue weighted by atomic mass is 35.5. The Balaban J connectivity index is 2.21. The molecule has 0 aliphatic rings. The maximum atomic E-state index is 11.5. The summed E-state index contributed by atoms with van der Waals surface area (Å²) in [5.41, 5.74) is 1.31. The van der Waals surface area contributed by atoms with Crippen LogP contribution in [-0.4, -0.2) is 17.8 Å². The number of amides is 1. The van der Waals surface area contributed by atoms with Crippen LogP contribution in [0.4, 0.5) is 0 Å². The highest BCUT2D eigenvalue weighted by Gasteiger charge is 2.06. The summed E-state index contributed by atoms with van der Waals surface area (Å²) in [4.78, 5) is 11.5. The van der Waals surface area contributed by atoms with Gasteiger partial charge in [0.15, 0.2) is 0 Å². The molecule has 0 aliphatic carbocycles. The zero-order chi connectivity index (χ0) is 12.5. The molecule has 3 heteroatoms. The third kappa shape index (κ3) is 6.32. The van der Waals surface area contributed by atoms with Crippen LogP contribution in [0.2, 0.25) is 0 Å². The van der Waals surface area contributed by atoms with E-state index in [-0.39, 0.29) is 11.9 Å². The predicted octanol–water partition coefficient (Wildman–Crippen LogP) is 3.14. The van der Waals surface area contributed by atoms with Crippen LogP contribution in [0.5, 0.6) is 0 Å². The SMILES string of the molecule is CC(CCc1ccccc1)NC(=O)CCCCl. The van der Waals surface area contributed by atoms with Gasteiger partial charge in [-0.05, 0) is 31.7 Å². The van der Waals surface area contributed by atoms with E-state index in [9.17, 15) is 4.79 Å². The fraction of sp³-hybridized carbons (Fsp3) is 0.500. The average Bonchev–Trinajstić information content (AvgIpc) is 2.35. The van der Waals surface area contributed by atoms with Crippen LogP contribution in [0.3, 0.4) is 0 Å². The Morgan fingerprint density at radius 2 is 2.06 bits per heavy atom. The molecule has 1 atom stereocenters. The summed E-state index contributed by atoms with van der Waals surface area (Å²) >= 11 is 5.54. The van der Waals surface area contributed by atoms with Gasteiger partial charge in [-0.2, -0.15) is 0 Å². The molecule has 0 aliphatic heterocycles. The van der Waals surface area contributed by atoms with Crippen molar-refractivity contribution in [2.24, 2.45) is 0 Å². The summed E-state index contributed by atoms with van der Waals surface area (Å²) in [6.07, 6.45) is 3.24. The van der Waals surface area contributed by atoms with Gasteiger partial charge >= 0.3 is 0 Å². The Hall–Kier alpha value is -1.02. The number of halogens is 1. The first-order chi connectivity index (χ1) is 8.22. The van der Waals surface area contributed by atoms with E-state index in [4.69, 9.17) is 11.6 Å². The zero-order valence-corrected chi connectivity index (χ0v) is 11.0. The summed E-state index contributed by atoms with van der Waals surface area (Å²) in [6.45, 7) is 2.04. The van der Waals surface area contributed by atoms with E-state index in [1.165, 1.54) is 5.56 Å². The summed E-state index contributed by atoms with van der Waals surface area (Å²) < 4.78 is 0. The van der Waals surface area contributed by atoms with Gasteiger partial charge in [-0.15, -0.1) is 11.6 Å². The monoisotopic (exact) mass is 253 g/mol. The lowest BCUT2D eigenvalue weighted by molar-refractivity contribution is -0.121. The van der Waals surface area contributed by atoms with Gasteiger partial charge < -0.3 is 5.32 Å². The van der Waals surface area contributed by atoms with Gasteiger partial charge in [0.25, 0.3) is 0 Å². The van der Waals surface area contributed by atoms with Gasteiger partial charge in [-0.1, -0.05) is 30.3 Å². The second kappa shape index (κ2) is 8.13. The molecule has 0 aromatic heterocycles. The van der Waals surface area contributed by atoms with Crippen molar-refractivity contribution in [2.45, 2.75) is 38.6 Å². The van der Waals surface area contributed by atoms with E-state index in [2.05, 4.69) is 17.4 Å². The van der Waals surface area contributed by atoms with Crippen molar-refractivity contribution < 1.29 is 4.79 Å². The first kappa shape index (κ1) is 14.0. The minimum atomic E-state index is 0.103. The van der Waals surface area contributed by atoms with E-state index in [1.807, 2.05) is 25.1 Å². The molecule has 0 spiro atoms. The molecule has 0 saturated carbocycles. The van der Waals surface area contributed by atoms with E-state index < -0.39 is 0 Å². The number of rotatable bonds is 7. The van der Waals surface area contributed by atoms with E-state index in [0.717, 1.165) is 19.3 Å². The van der Waals surface area contributed by atoms with Gasteiger partial charge in [0.1, 0.15) is 0 Å². The Morgan fingerprint density at radius 3 is 2.71 bits per heavy atom. The first-order valence-corrected chi connectivity index (χ1v) is 6.65. The van der Waals surface area contributed by atoms with E-state index in [1.54, 1.807) is 0 Å². The Labute approximate surface area is 108 Å². The molecule has 1 rings (SSSR count). The van der Waals surface area contributed by atoms with Gasteiger partial charge in [-0.3, -0.25) is 4.79 Å². The molecule has 0 heterocycles. The molecular weight excluding hydrogens is 234 g/mol. The van der Waals surface area contributed by atoms with Crippen molar-refractivity contribution in [3.8, 4) is 0 Å². The molecule has 1 amide bonds. The van der Waals surface area contributed by atoms with Crippen LogP contribution in [-0.2, 0) is 11.2 Å². The normalized spacial score (nSPS) is 12.1. The molecule has 94 valence electrons. The van der Waals surface area contributed by atoms with Gasteiger partial charge in [0.05, 0.1) is 0 Å². The van der Waals surface area contributed by atoms with Crippen molar-refractivity contribution in [1.82, 2.24) is 5.32 Å². The predicted molar refractivity (Wildman–Crippen MR) is 72.3 cm³/mol. The third-order valence-corrected chi connectivity index (χ3v) is 2.92. The van der Waals surface area contributed by atoms with Crippen molar-refractivity contribution in [2.75, 3.05) is 5.88 Å². The molecule has 1 N–H and O–H groups in total. The molecule has 1 aromatic carbocycles. The fourth-order valence-electron chi connectivity index (χ4n) is 1.67. The van der Waals surface area contributed by atoms with Crippen LogP contribution in [0.15, 0.2) is 30.3 Å². The lowest BCUT2D eigenvalue weighted by Gasteiger charge is -2.13. The fourth-order valence-corrected chi connectivity index (χ4v) is 1.81. The Morgan fingerprint density at radius 1 is 1.35 bits per heavy atom. The van der Waals surface area contributed by atoms with Crippen LogP contribution in [0, 0.1) is 0 Å². The molecule has 0 fully saturated rings. The smallest absolute Gasteiger partial charge is 0.220 e. The van der Waals surface area contributed by atoms with E-state index in [0.29, 0.717) is 12.3 Å². The lowest BCUT2D eigenvalue weighted by atomic mass is 10.1. The number of alkyl halides is 1. The molecule has 1 unspecified atom stereocenters. The summed E-state index contributed by atoms with van der Waals surface area (Å²) in [5, 5.41) is 2.99. The number of aryl methyl sites for hydroxylation is 1. The molecular formula is C14H20ClNO. The molecule has 0 radical (unpaired) electrons. The number of benzene rings is 1. The minimum Gasteiger partial charge on any atom is -0.354 e. The van der Waals surface area contributed by atoms with Crippen LogP contribution in [0.1, 0.15) is 31.7 Å². The molecule has 2 nitrogen and oxygen atoms in total. The largest absolute Gasteiger partial charge is 0.354 e. The highest BCUT2D eigenvalue weighted by Crippen LogP contribution is 2.05. The zero-order valence-electron chi connectivity index (χ0n) is 10.3. The van der Waals surface area contributed by atoms with Crippen LogP contribution in [0.25, 0.3) is 0 Å². The standard InChI is InChI=1S/C14H20ClNO/c1-12(16-14(17)8-5-11-15)9-10-13-6-3-2-4-7-13/h2-4,6-7,12H,5,8-11H2,1H3,(H,16,17). The number of hydrogen-bond acceptors (Lipinski definition) is 1. The maximum absolute atomic E-state index is 11.5. The van der Waals surface area contributed by atoms with Gasteiger partial charge in [-0.25, -0.2) is 0 Å². The van der Waals surface area contributed by atoms with Crippen molar-refractivity contribution >= 4 is 17.5 Å². The van der Waals surface area contributed by atoms with Gasteiger partial charge in [0.2, 0.25) is 5.91 Å². The Kier molecular flexibility index (Phi) is 6.71. The average molecular weight is 254 g/mol. The topological polar surface area (TPSA) is 29.1 Å². The molecule has 0 saturated heterocycles. The Bertz CT molecular complexity index is 326.